The molecule has 0 spiro atoms. The second-order valence-electron chi connectivity index (χ2n) is 9.15. The Morgan fingerprint density at radius 3 is 1.65 bits per heavy atom. The molecule has 0 aromatic rings. The number of aliphatic hydroxyl groups excluding tert-OH is 1. The summed E-state index contributed by atoms with van der Waals surface area (Å²) < 4.78 is 5.12. The van der Waals surface area contributed by atoms with Crippen LogP contribution >= 0.6 is 0 Å². The molecule has 0 rings (SSSR count). The number of carbonyl (C=O) groups excluding carboxylic acids is 2. The molecular weight excluding hydrogens is 428 g/mol. The summed E-state index contributed by atoms with van der Waals surface area (Å²) >= 11 is 0. The number of nitrogens with one attached hydrogen (secondary N) is 2. The van der Waals surface area contributed by atoms with E-state index in [1.54, 1.807) is 0 Å². The van der Waals surface area contributed by atoms with E-state index in [-0.39, 0.29) is 18.4 Å². The fraction of sp³-hybridized carbons (Fsp3) is 0.786. The fourth-order valence-electron chi connectivity index (χ4n) is 3.75. The molecule has 0 unspecified atom stereocenters. The lowest BCUT2D eigenvalue weighted by molar-refractivity contribution is -0.122. The van der Waals surface area contributed by atoms with Crippen LogP contribution in [0.3, 0.4) is 0 Å². The van der Waals surface area contributed by atoms with Crippen LogP contribution in [0.2, 0.25) is 0 Å². The van der Waals surface area contributed by atoms with Crippen molar-refractivity contribution >= 4 is 11.8 Å². The second-order valence-corrected chi connectivity index (χ2v) is 9.15. The average molecular weight is 481 g/mol. The molecule has 0 aromatic carbocycles. The first-order valence-electron chi connectivity index (χ1n) is 13.5. The van der Waals surface area contributed by atoms with E-state index in [1.807, 2.05) is 6.92 Å². The van der Waals surface area contributed by atoms with Crippen molar-refractivity contribution in [3.05, 3.63) is 23.3 Å². The number of hydrogen-bond acceptors (Lipinski definition) is 4. The summed E-state index contributed by atoms with van der Waals surface area (Å²) in [5.41, 5.74) is 2.95. The Morgan fingerprint density at radius 1 is 0.706 bits per heavy atom. The highest BCUT2D eigenvalue weighted by Gasteiger charge is 2.01. The van der Waals surface area contributed by atoms with E-state index in [0.29, 0.717) is 32.6 Å². The molecule has 0 atom stereocenters. The normalized spacial score (nSPS) is 12.1. The molecule has 198 valence electrons. The molecule has 6 nitrogen and oxygen atoms in total. The van der Waals surface area contributed by atoms with Crippen molar-refractivity contribution in [1.29, 1.82) is 0 Å². The summed E-state index contributed by atoms with van der Waals surface area (Å²) in [6, 6.07) is 0. The molecule has 0 radical (unpaired) electrons. The topological polar surface area (TPSA) is 87.7 Å². The van der Waals surface area contributed by atoms with Crippen LogP contribution in [0.15, 0.2) is 23.3 Å². The monoisotopic (exact) mass is 480 g/mol. The SMILES string of the molecule is CCNC(=O)CCCCCC/C(C)=C/CC/C=C(\C)CCCCCCC(=O)NCCOCCO. The zero-order valence-corrected chi connectivity index (χ0v) is 22.3. The molecule has 0 heterocycles. The number of amides is 2. The van der Waals surface area contributed by atoms with Crippen molar-refractivity contribution < 1.29 is 19.4 Å². The highest BCUT2D eigenvalue weighted by molar-refractivity contribution is 5.76. The van der Waals surface area contributed by atoms with E-state index in [9.17, 15) is 9.59 Å². The molecule has 0 saturated heterocycles. The maximum Gasteiger partial charge on any atom is 0.220 e. The number of ether oxygens (including phenoxy) is 1. The fourth-order valence-corrected chi connectivity index (χ4v) is 3.75. The molecule has 0 aromatic heterocycles. The molecule has 0 aliphatic heterocycles. The van der Waals surface area contributed by atoms with Gasteiger partial charge >= 0.3 is 0 Å². The van der Waals surface area contributed by atoms with Gasteiger partial charge in [-0.2, -0.15) is 0 Å². The van der Waals surface area contributed by atoms with Crippen molar-refractivity contribution in [2.45, 2.75) is 111 Å². The number of allylic oxidation sites excluding steroid dienone is 4. The molecule has 0 aliphatic carbocycles. The molecule has 34 heavy (non-hydrogen) atoms. The predicted octanol–water partition coefficient (Wildman–Crippen LogP) is 5.60. The van der Waals surface area contributed by atoms with Gasteiger partial charge in [-0.05, 0) is 72.1 Å². The minimum atomic E-state index is 0.0174. The van der Waals surface area contributed by atoms with Crippen molar-refractivity contribution in [3.63, 3.8) is 0 Å². The van der Waals surface area contributed by atoms with Gasteiger partial charge in [0.2, 0.25) is 11.8 Å². The predicted molar refractivity (Wildman–Crippen MR) is 142 cm³/mol. The van der Waals surface area contributed by atoms with Crippen molar-refractivity contribution in [1.82, 2.24) is 10.6 Å². The lowest BCUT2D eigenvalue weighted by Gasteiger charge is -2.06. The zero-order valence-electron chi connectivity index (χ0n) is 22.3. The smallest absolute Gasteiger partial charge is 0.220 e. The summed E-state index contributed by atoms with van der Waals surface area (Å²) in [4.78, 5) is 23.1. The third-order valence-electron chi connectivity index (χ3n) is 5.78. The Hall–Kier alpha value is -1.66. The van der Waals surface area contributed by atoms with Gasteiger partial charge < -0.3 is 20.5 Å². The van der Waals surface area contributed by atoms with Crippen LogP contribution in [0, 0.1) is 0 Å². The third-order valence-corrected chi connectivity index (χ3v) is 5.78. The largest absolute Gasteiger partial charge is 0.394 e. The van der Waals surface area contributed by atoms with Gasteiger partial charge in [0.15, 0.2) is 0 Å². The minimum absolute atomic E-state index is 0.0174. The van der Waals surface area contributed by atoms with Crippen LogP contribution in [0.4, 0.5) is 0 Å². The van der Waals surface area contributed by atoms with Crippen molar-refractivity contribution in [3.8, 4) is 0 Å². The van der Waals surface area contributed by atoms with Gasteiger partial charge in [-0.3, -0.25) is 9.59 Å². The molecular formula is C28H52N2O4. The zero-order chi connectivity index (χ0) is 25.3. The summed E-state index contributed by atoms with van der Waals surface area (Å²) in [5, 5.41) is 14.3. The average Bonchev–Trinajstić information content (AvgIpc) is 2.81. The van der Waals surface area contributed by atoms with Gasteiger partial charge in [-0.15, -0.1) is 0 Å². The van der Waals surface area contributed by atoms with Crippen LogP contribution < -0.4 is 10.6 Å². The molecule has 3 N–H and O–H groups in total. The number of unbranched alkanes of at least 4 members (excludes halogenated alkanes) is 7. The van der Waals surface area contributed by atoms with Crippen molar-refractivity contribution in [2.24, 2.45) is 0 Å². The number of hydrogen-bond donors (Lipinski definition) is 3. The maximum atomic E-state index is 11.7. The molecule has 0 aliphatic rings. The Bertz CT molecular complexity index is 573. The van der Waals surface area contributed by atoms with Crippen LogP contribution in [0.1, 0.15) is 111 Å². The van der Waals surface area contributed by atoms with E-state index >= 15 is 0 Å². The summed E-state index contributed by atoms with van der Waals surface area (Å²) in [6.45, 7) is 8.45. The lowest BCUT2D eigenvalue weighted by atomic mass is 10.0. The minimum Gasteiger partial charge on any atom is -0.394 e. The number of rotatable bonds is 23. The molecule has 0 fully saturated rings. The van der Waals surface area contributed by atoms with Gasteiger partial charge in [0.05, 0.1) is 19.8 Å². The van der Waals surface area contributed by atoms with Gasteiger partial charge in [0.25, 0.3) is 0 Å². The van der Waals surface area contributed by atoms with Gasteiger partial charge in [0, 0.05) is 25.9 Å². The summed E-state index contributed by atoms with van der Waals surface area (Å²) in [7, 11) is 0. The Morgan fingerprint density at radius 2 is 1.18 bits per heavy atom. The number of carbonyl (C=O) groups is 2. The maximum absolute atomic E-state index is 11.7. The lowest BCUT2D eigenvalue weighted by Crippen LogP contribution is -2.27. The molecule has 0 saturated carbocycles. The van der Waals surface area contributed by atoms with E-state index in [1.165, 1.54) is 43.3 Å². The first-order chi connectivity index (χ1) is 16.5. The summed E-state index contributed by atoms with van der Waals surface area (Å²) in [5.74, 6) is 0.267. The highest BCUT2D eigenvalue weighted by atomic mass is 16.5. The van der Waals surface area contributed by atoms with Crippen LogP contribution in [0.25, 0.3) is 0 Å². The summed E-state index contributed by atoms with van der Waals surface area (Å²) in [6.07, 6.45) is 19.5. The first-order valence-corrected chi connectivity index (χ1v) is 13.5. The molecule has 6 heteroatoms. The second kappa shape index (κ2) is 24.5. The molecule has 2 amide bonds. The Labute approximate surface area is 209 Å². The Balaban J connectivity index is 3.60. The van der Waals surface area contributed by atoms with Crippen LogP contribution in [0.5, 0.6) is 0 Å². The third kappa shape index (κ3) is 23.5. The molecule has 0 bridgehead atoms. The van der Waals surface area contributed by atoms with Crippen LogP contribution in [-0.4, -0.2) is 49.8 Å². The van der Waals surface area contributed by atoms with E-state index < -0.39 is 0 Å². The van der Waals surface area contributed by atoms with Crippen LogP contribution in [-0.2, 0) is 14.3 Å². The van der Waals surface area contributed by atoms with E-state index in [2.05, 4.69) is 36.6 Å². The van der Waals surface area contributed by atoms with E-state index in [4.69, 9.17) is 9.84 Å². The first kappa shape index (κ1) is 32.3. The standard InChI is InChI=1S/C28H52N2O4/c1-4-29-27(32)19-11-7-5-9-15-25(2)17-13-14-18-26(3)16-10-6-8-12-20-28(33)30-21-23-34-24-22-31/h17-18,31H,4-16,19-24H2,1-3H3,(H,29,32)(H,30,33)/b25-17+,26-18+. The quantitative estimate of drug-likeness (QED) is 0.131. The van der Waals surface area contributed by atoms with Gasteiger partial charge in [-0.25, -0.2) is 0 Å². The number of aliphatic hydroxyl groups is 1. The van der Waals surface area contributed by atoms with Crippen molar-refractivity contribution in [2.75, 3.05) is 32.9 Å². The highest BCUT2D eigenvalue weighted by Crippen LogP contribution is 2.14. The Kier molecular flexibility index (Phi) is 23.3. The van der Waals surface area contributed by atoms with E-state index in [0.717, 1.165) is 51.5 Å². The van der Waals surface area contributed by atoms with Gasteiger partial charge in [0.1, 0.15) is 0 Å². The van der Waals surface area contributed by atoms with Gasteiger partial charge in [-0.1, -0.05) is 49.0 Å².